The van der Waals surface area contributed by atoms with E-state index in [0.29, 0.717) is 0 Å². The van der Waals surface area contributed by atoms with Crippen LogP contribution in [0.1, 0.15) is 12.8 Å². The van der Waals surface area contributed by atoms with E-state index in [2.05, 4.69) is 0 Å². The van der Waals surface area contributed by atoms with Gasteiger partial charge in [0, 0.05) is 11.8 Å². The number of rotatable bonds is 2. The Morgan fingerprint density at radius 2 is 2.15 bits per heavy atom. The zero-order valence-corrected chi connectivity index (χ0v) is 7.45. The van der Waals surface area contributed by atoms with E-state index in [0.717, 1.165) is 5.37 Å². The van der Waals surface area contributed by atoms with Crippen molar-refractivity contribution in [3.8, 4) is 0 Å². The SMILES string of the molecule is O=C1CCC(C(=O)O)C1C=S(=O)=O. The lowest BCUT2D eigenvalue weighted by Gasteiger charge is -2.06. The van der Waals surface area contributed by atoms with Crippen LogP contribution < -0.4 is 0 Å². The van der Waals surface area contributed by atoms with Crippen molar-refractivity contribution in [3.05, 3.63) is 0 Å². The molecule has 0 bridgehead atoms. The van der Waals surface area contributed by atoms with Gasteiger partial charge in [0.1, 0.15) is 5.78 Å². The van der Waals surface area contributed by atoms with E-state index >= 15 is 0 Å². The molecular formula is C7H8O5S. The van der Waals surface area contributed by atoms with Gasteiger partial charge in [0.2, 0.25) is 10.3 Å². The quantitative estimate of drug-likeness (QED) is 0.603. The highest BCUT2D eigenvalue weighted by Gasteiger charge is 2.38. The van der Waals surface area contributed by atoms with E-state index < -0.39 is 28.1 Å². The second-order valence-corrected chi connectivity index (χ2v) is 3.67. The molecule has 1 N–H and O–H groups in total. The molecule has 0 aromatic heterocycles. The Labute approximate surface area is 75.9 Å². The molecule has 0 spiro atoms. The van der Waals surface area contributed by atoms with Crippen LogP contribution in [-0.4, -0.2) is 30.6 Å². The summed E-state index contributed by atoms with van der Waals surface area (Å²) >= 11 is 0. The summed E-state index contributed by atoms with van der Waals surface area (Å²) in [4.78, 5) is 21.6. The van der Waals surface area contributed by atoms with Gasteiger partial charge in [0.15, 0.2) is 0 Å². The van der Waals surface area contributed by atoms with Crippen LogP contribution in [0.15, 0.2) is 0 Å². The first-order valence-corrected chi connectivity index (χ1v) is 4.84. The lowest BCUT2D eigenvalue weighted by atomic mass is 9.98. The predicted octanol–water partition coefficient (Wildman–Crippen LogP) is -0.652. The van der Waals surface area contributed by atoms with Crippen LogP contribution in [0.5, 0.6) is 0 Å². The summed E-state index contributed by atoms with van der Waals surface area (Å²) in [5.74, 6) is -3.25. The summed E-state index contributed by atoms with van der Waals surface area (Å²) in [6.07, 6.45) is 0.377. The van der Waals surface area contributed by atoms with Gasteiger partial charge < -0.3 is 5.11 Å². The molecule has 6 heteroatoms. The van der Waals surface area contributed by atoms with Crippen molar-refractivity contribution in [3.63, 3.8) is 0 Å². The number of hydrogen-bond acceptors (Lipinski definition) is 4. The van der Waals surface area contributed by atoms with Crippen molar-refractivity contribution < 1.29 is 23.1 Å². The van der Waals surface area contributed by atoms with E-state index in [-0.39, 0.29) is 18.6 Å². The molecule has 2 atom stereocenters. The zero-order valence-electron chi connectivity index (χ0n) is 6.63. The molecule has 13 heavy (non-hydrogen) atoms. The summed E-state index contributed by atoms with van der Waals surface area (Å²) in [6, 6.07) is 0. The normalized spacial score (nSPS) is 27.2. The van der Waals surface area contributed by atoms with Gasteiger partial charge in [-0.25, -0.2) is 0 Å². The second-order valence-electron chi connectivity index (χ2n) is 2.87. The van der Waals surface area contributed by atoms with Crippen molar-refractivity contribution >= 4 is 27.4 Å². The van der Waals surface area contributed by atoms with E-state index in [4.69, 9.17) is 5.11 Å². The summed E-state index contributed by atoms with van der Waals surface area (Å²) in [7, 11) is -2.47. The molecule has 0 radical (unpaired) electrons. The number of carbonyl (C=O) groups is 2. The van der Waals surface area contributed by atoms with Crippen LogP contribution in [0, 0.1) is 11.8 Å². The molecule has 2 unspecified atom stereocenters. The van der Waals surface area contributed by atoms with Gasteiger partial charge in [-0.3, -0.25) is 9.59 Å². The fourth-order valence-corrected chi connectivity index (χ4v) is 2.02. The Morgan fingerprint density at radius 3 is 2.62 bits per heavy atom. The molecule has 0 aromatic rings. The Hall–Kier alpha value is -1.17. The fraction of sp³-hybridized carbons (Fsp3) is 0.571. The molecule has 0 saturated heterocycles. The average Bonchev–Trinajstić information content (AvgIpc) is 2.32. The summed E-state index contributed by atoms with van der Waals surface area (Å²) in [5.41, 5.74) is 0. The number of carbonyl (C=O) groups excluding carboxylic acids is 1. The first-order valence-electron chi connectivity index (χ1n) is 3.71. The second kappa shape index (κ2) is 3.69. The number of carboxylic acid groups (broad SMARTS) is 1. The highest BCUT2D eigenvalue weighted by Crippen LogP contribution is 2.27. The first-order chi connectivity index (χ1) is 6.02. The van der Waals surface area contributed by atoms with Crippen LogP contribution in [-0.2, 0) is 19.9 Å². The highest BCUT2D eigenvalue weighted by atomic mass is 32.2. The zero-order chi connectivity index (χ0) is 10.0. The lowest BCUT2D eigenvalue weighted by Crippen LogP contribution is -2.23. The molecule has 0 aromatic carbocycles. The Kier molecular flexibility index (Phi) is 2.82. The Balaban J connectivity index is 2.96. The van der Waals surface area contributed by atoms with Gasteiger partial charge in [-0.15, -0.1) is 0 Å². The maximum Gasteiger partial charge on any atom is 0.307 e. The minimum absolute atomic E-state index is 0.148. The largest absolute Gasteiger partial charge is 0.481 e. The van der Waals surface area contributed by atoms with Gasteiger partial charge >= 0.3 is 5.97 Å². The lowest BCUT2D eigenvalue weighted by molar-refractivity contribution is -0.143. The van der Waals surface area contributed by atoms with Crippen molar-refractivity contribution in [1.29, 1.82) is 0 Å². The smallest absolute Gasteiger partial charge is 0.307 e. The minimum atomic E-state index is -2.47. The van der Waals surface area contributed by atoms with Crippen molar-refractivity contribution in [2.24, 2.45) is 11.8 Å². The maximum atomic E-state index is 11.1. The topological polar surface area (TPSA) is 88.5 Å². The van der Waals surface area contributed by atoms with Crippen molar-refractivity contribution in [2.75, 3.05) is 0 Å². The summed E-state index contributed by atoms with van der Waals surface area (Å²) < 4.78 is 20.5. The van der Waals surface area contributed by atoms with Gasteiger partial charge in [-0.05, 0) is 6.42 Å². The molecule has 72 valence electrons. The maximum absolute atomic E-state index is 11.1. The molecule has 1 aliphatic carbocycles. The fourth-order valence-electron chi connectivity index (χ4n) is 1.44. The van der Waals surface area contributed by atoms with Crippen LogP contribution in [0.25, 0.3) is 0 Å². The van der Waals surface area contributed by atoms with Gasteiger partial charge in [-0.2, -0.15) is 8.42 Å². The van der Waals surface area contributed by atoms with Gasteiger partial charge in [0.05, 0.1) is 11.8 Å². The molecule has 0 heterocycles. The Bertz CT molecular complexity index is 358. The van der Waals surface area contributed by atoms with Crippen LogP contribution >= 0.6 is 0 Å². The third-order valence-electron chi connectivity index (χ3n) is 2.08. The molecular weight excluding hydrogens is 196 g/mol. The number of carboxylic acids is 1. The summed E-state index contributed by atoms with van der Waals surface area (Å²) in [5, 5.41) is 9.41. The van der Waals surface area contributed by atoms with E-state index in [9.17, 15) is 18.0 Å². The predicted molar refractivity (Wildman–Crippen MR) is 43.8 cm³/mol. The van der Waals surface area contributed by atoms with Crippen molar-refractivity contribution in [2.45, 2.75) is 12.8 Å². The molecule has 1 fully saturated rings. The Morgan fingerprint density at radius 1 is 1.54 bits per heavy atom. The van der Waals surface area contributed by atoms with Crippen LogP contribution in [0.2, 0.25) is 0 Å². The van der Waals surface area contributed by atoms with E-state index in [1.54, 1.807) is 0 Å². The number of aliphatic carboxylic acids is 1. The minimum Gasteiger partial charge on any atom is -0.481 e. The molecule has 1 saturated carbocycles. The molecule has 1 aliphatic rings. The molecule has 1 rings (SSSR count). The average molecular weight is 204 g/mol. The van der Waals surface area contributed by atoms with Crippen LogP contribution in [0.3, 0.4) is 0 Å². The van der Waals surface area contributed by atoms with E-state index in [1.165, 1.54) is 0 Å². The monoisotopic (exact) mass is 204 g/mol. The van der Waals surface area contributed by atoms with Crippen molar-refractivity contribution in [1.82, 2.24) is 0 Å². The highest BCUT2D eigenvalue weighted by molar-refractivity contribution is 7.71. The molecule has 5 nitrogen and oxygen atoms in total. The first kappa shape index (κ1) is 9.91. The van der Waals surface area contributed by atoms with Crippen LogP contribution in [0.4, 0.5) is 0 Å². The number of Topliss-reactive ketones (excluding diaryl/α,β-unsaturated/α-hetero) is 1. The third-order valence-corrected chi connectivity index (χ3v) is 2.60. The summed E-state index contributed by atoms with van der Waals surface area (Å²) in [6.45, 7) is 0. The standard InChI is InChI=1S/C7H8O5S/c8-6-2-1-4(7(9)10)5(6)3-13(11)12/h3-5H,1-2H2,(H,9,10). The third kappa shape index (κ3) is 2.15. The van der Waals surface area contributed by atoms with Gasteiger partial charge in [-0.1, -0.05) is 0 Å². The molecule has 0 amide bonds. The molecule has 0 aliphatic heterocycles. The number of ketones is 1. The van der Waals surface area contributed by atoms with E-state index in [1.807, 2.05) is 0 Å². The number of hydrogen-bond donors (Lipinski definition) is 1. The van der Waals surface area contributed by atoms with Gasteiger partial charge in [0.25, 0.3) is 0 Å².